The zero-order valence-corrected chi connectivity index (χ0v) is 8.79. The van der Waals surface area contributed by atoms with Crippen LogP contribution in [0.25, 0.3) is 0 Å². The summed E-state index contributed by atoms with van der Waals surface area (Å²) in [4.78, 5) is 11.5. The third-order valence-electron chi connectivity index (χ3n) is 3.83. The smallest absolute Gasteiger partial charge is 0.308 e. The maximum absolute atomic E-state index is 11.5. The molecule has 2 saturated carbocycles. The Balaban J connectivity index is 2.07. The molecule has 2 aliphatic rings. The molecule has 2 atom stereocenters. The topological polar surface area (TPSA) is 26.3 Å². The highest BCUT2D eigenvalue weighted by Crippen LogP contribution is 2.45. The molecule has 0 radical (unpaired) electrons. The van der Waals surface area contributed by atoms with Gasteiger partial charge in [0.2, 0.25) is 0 Å². The summed E-state index contributed by atoms with van der Waals surface area (Å²) in [6, 6.07) is 0. The van der Waals surface area contributed by atoms with Crippen molar-refractivity contribution in [2.24, 2.45) is 17.8 Å². The number of hydrogen-bond acceptors (Lipinski definition) is 2. The Kier molecular flexibility index (Phi) is 2.62. The number of carbonyl (C=O) groups is 1. The van der Waals surface area contributed by atoms with Crippen molar-refractivity contribution in [2.75, 3.05) is 7.11 Å². The first-order valence-electron chi connectivity index (χ1n) is 5.49. The predicted octanol–water partition coefficient (Wildman–Crippen LogP) is 2.54. The Labute approximate surface area is 85.3 Å². The molecule has 0 amide bonds. The van der Waals surface area contributed by atoms with E-state index in [-0.39, 0.29) is 11.9 Å². The van der Waals surface area contributed by atoms with Gasteiger partial charge in [-0.25, -0.2) is 0 Å². The Morgan fingerprint density at radius 3 is 2.43 bits per heavy atom. The van der Waals surface area contributed by atoms with Crippen LogP contribution in [0.2, 0.25) is 0 Å². The van der Waals surface area contributed by atoms with E-state index < -0.39 is 0 Å². The summed E-state index contributed by atoms with van der Waals surface area (Å²) in [6.45, 7) is 4.17. The molecule has 0 aromatic heterocycles. The average Bonchev–Trinajstić information content (AvgIpc) is 2.16. The van der Waals surface area contributed by atoms with Crippen LogP contribution in [-0.4, -0.2) is 13.1 Å². The minimum absolute atomic E-state index is 0.0191. The predicted molar refractivity (Wildman–Crippen MR) is 54.7 cm³/mol. The lowest BCUT2D eigenvalue weighted by molar-refractivity contribution is -0.147. The minimum atomic E-state index is -0.0191. The van der Waals surface area contributed by atoms with E-state index in [0.717, 1.165) is 12.8 Å². The maximum atomic E-state index is 11.5. The molecule has 2 aliphatic carbocycles. The SMILES string of the molecule is C=C1C2CCCC1CC(C(=O)OC)C2. The molecule has 0 heterocycles. The molecule has 2 nitrogen and oxygen atoms in total. The summed E-state index contributed by atoms with van der Waals surface area (Å²) in [7, 11) is 1.49. The fraction of sp³-hybridized carbons (Fsp3) is 0.750. The highest BCUT2D eigenvalue weighted by atomic mass is 16.5. The highest BCUT2D eigenvalue weighted by molar-refractivity contribution is 5.72. The fourth-order valence-electron chi connectivity index (χ4n) is 3.00. The molecule has 0 N–H and O–H groups in total. The summed E-state index contributed by atoms with van der Waals surface area (Å²) < 4.78 is 4.82. The first-order valence-corrected chi connectivity index (χ1v) is 5.49. The fourth-order valence-corrected chi connectivity index (χ4v) is 3.00. The van der Waals surface area contributed by atoms with E-state index in [9.17, 15) is 4.79 Å². The van der Waals surface area contributed by atoms with Gasteiger partial charge in [0, 0.05) is 0 Å². The van der Waals surface area contributed by atoms with Gasteiger partial charge in [-0.3, -0.25) is 4.79 Å². The standard InChI is InChI=1S/C12H18O2/c1-8-9-4-3-5-10(8)7-11(6-9)12(13)14-2/h9-11H,1,3-7H2,2H3. The molecule has 0 aromatic carbocycles. The summed E-state index contributed by atoms with van der Waals surface area (Å²) in [5, 5.41) is 0. The van der Waals surface area contributed by atoms with E-state index in [2.05, 4.69) is 6.58 Å². The number of rotatable bonds is 1. The van der Waals surface area contributed by atoms with Crippen molar-refractivity contribution in [3.63, 3.8) is 0 Å². The van der Waals surface area contributed by atoms with Gasteiger partial charge in [-0.1, -0.05) is 18.6 Å². The van der Waals surface area contributed by atoms with Crippen molar-refractivity contribution in [1.29, 1.82) is 0 Å². The molecule has 2 rings (SSSR count). The van der Waals surface area contributed by atoms with Crippen LogP contribution in [0.1, 0.15) is 32.1 Å². The average molecular weight is 194 g/mol. The molecule has 14 heavy (non-hydrogen) atoms. The first-order chi connectivity index (χ1) is 6.72. The van der Waals surface area contributed by atoms with E-state index in [0.29, 0.717) is 11.8 Å². The van der Waals surface area contributed by atoms with Crippen molar-refractivity contribution in [2.45, 2.75) is 32.1 Å². The Morgan fingerprint density at radius 2 is 1.93 bits per heavy atom. The van der Waals surface area contributed by atoms with Crippen LogP contribution in [0, 0.1) is 17.8 Å². The number of hydrogen-bond donors (Lipinski definition) is 0. The molecule has 2 bridgehead atoms. The van der Waals surface area contributed by atoms with Gasteiger partial charge < -0.3 is 4.74 Å². The molecular weight excluding hydrogens is 176 g/mol. The second-order valence-corrected chi connectivity index (χ2v) is 4.59. The molecule has 0 spiro atoms. The van der Waals surface area contributed by atoms with Gasteiger partial charge in [0.05, 0.1) is 13.0 Å². The van der Waals surface area contributed by atoms with Crippen molar-refractivity contribution in [3.8, 4) is 0 Å². The zero-order valence-electron chi connectivity index (χ0n) is 8.79. The van der Waals surface area contributed by atoms with Gasteiger partial charge in [0.25, 0.3) is 0 Å². The second kappa shape index (κ2) is 3.76. The van der Waals surface area contributed by atoms with E-state index >= 15 is 0 Å². The maximum Gasteiger partial charge on any atom is 0.308 e. The second-order valence-electron chi connectivity index (χ2n) is 4.59. The lowest BCUT2D eigenvalue weighted by atomic mass is 9.65. The highest BCUT2D eigenvalue weighted by Gasteiger charge is 2.37. The molecule has 0 saturated heterocycles. The molecule has 0 aromatic rings. The van der Waals surface area contributed by atoms with Gasteiger partial charge in [-0.2, -0.15) is 0 Å². The van der Waals surface area contributed by atoms with Crippen molar-refractivity contribution < 1.29 is 9.53 Å². The van der Waals surface area contributed by atoms with Gasteiger partial charge in [-0.15, -0.1) is 0 Å². The number of esters is 1. The van der Waals surface area contributed by atoms with E-state index in [1.165, 1.54) is 31.9 Å². The van der Waals surface area contributed by atoms with Crippen molar-refractivity contribution in [1.82, 2.24) is 0 Å². The number of fused-ring (bicyclic) bond motifs is 2. The van der Waals surface area contributed by atoms with Crippen LogP contribution in [0.5, 0.6) is 0 Å². The zero-order chi connectivity index (χ0) is 10.1. The van der Waals surface area contributed by atoms with Gasteiger partial charge in [0.15, 0.2) is 0 Å². The summed E-state index contributed by atoms with van der Waals surface area (Å²) >= 11 is 0. The van der Waals surface area contributed by atoms with Gasteiger partial charge in [-0.05, 0) is 37.5 Å². The molecule has 2 fully saturated rings. The van der Waals surface area contributed by atoms with Crippen LogP contribution in [-0.2, 0) is 9.53 Å². The lowest BCUT2D eigenvalue weighted by Crippen LogP contribution is -2.33. The number of allylic oxidation sites excluding steroid dienone is 1. The molecule has 78 valence electrons. The number of carbonyl (C=O) groups excluding carboxylic acids is 1. The van der Waals surface area contributed by atoms with Crippen molar-refractivity contribution >= 4 is 5.97 Å². The molecule has 2 heteroatoms. The Bertz CT molecular complexity index is 241. The van der Waals surface area contributed by atoms with Crippen LogP contribution < -0.4 is 0 Å². The normalized spacial score (nSPS) is 36.6. The van der Waals surface area contributed by atoms with E-state index in [1.54, 1.807) is 0 Å². The van der Waals surface area contributed by atoms with E-state index in [4.69, 9.17) is 4.74 Å². The Morgan fingerprint density at radius 1 is 1.36 bits per heavy atom. The van der Waals surface area contributed by atoms with E-state index in [1.807, 2.05) is 0 Å². The minimum Gasteiger partial charge on any atom is -0.469 e. The summed E-state index contributed by atoms with van der Waals surface area (Å²) in [5.74, 6) is 1.30. The van der Waals surface area contributed by atoms with Gasteiger partial charge >= 0.3 is 5.97 Å². The number of methoxy groups -OCH3 is 1. The Hall–Kier alpha value is -0.790. The number of ether oxygens (including phenoxy) is 1. The van der Waals surface area contributed by atoms with Crippen LogP contribution in [0.3, 0.4) is 0 Å². The lowest BCUT2D eigenvalue weighted by Gasteiger charge is -2.40. The third kappa shape index (κ3) is 1.58. The molecule has 2 unspecified atom stereocenters. The van der Waals surface area contributed by atoms with Gasteiger partial charge in [0.1, 0.15) is 0 Å². The summed E-state index contributed by atoms with van der Waals surface area (Å²) in [6.07, 6.45) is 5.71. The third-order valence-corrected chi connectivity index (χ3v) is 3.83. The molecular formula is C12H18O2. The first kappa shape index (κ1) is 9.75. The summed E-state index contributed by atoms with van der Waals surface area (Å²) in [5.41, 5.74) is 1.40. The quantitative estimate of drug-likeness (QED) is 0.473. The van der Waals surface area contributed by atoms with Crippen LogP contribution in [0.4, 0.5) is 0 Å². The largest absolute Gasteiger partial charge is 0.469 e. The van der Waals surface area contributed by atoms with Crippen LogP contribution >= 0.6 is 0 Å². The molecule has 0 aliphatic heterocycles. The monoisotopic (exact) mass is 194 g/mol. The van der Waals surface area contributed by atoms with Crippen LogP contribution in [0.15, 0.2) is 12.2 Å². The van der Waals surface area contributed by atoms with Crippen molar-refractivity contribution in [3.05, 3.63) is 12.2 Å².